The molecule has 20 heavy (non-hydrogen) atoms. The fourth-order valence-corrected chi connectivity index (χ4v) is 2.86. The van der Waals surface area contributed by atoms with Crippen molar-refractivity contribution in [1.82, 2.24) is 10.3 Å². The van der Waals surface area contributed by atoms with Crippen LogP contribution >= 0.6 is 0 Å². The highest BCUT2D eigenvalue weighted by molar-refractivity contribution is 5.43. The second-order valence-corrected chi connectivity index (χ2v) is 5.09. The van der Waals surface area contributed by atoms with Crippen LogP contribution in [0.3, 0.4) is 0 Å². The summed E-state index contributed by atoms with van der Waals surface area (Å²) in [5, 5.41) is 3.40. The molecule has 3 heteroatoms. The Morgan fingerprint density at radius 3 is 3.05 bits per heavy atom. The maximum atomic E-state index is 5.58. The lowest BCUT2D eigenvalue weighted by Crippen LogP contribution is -2.20. The van der Waals surface area contributed by atoms with E-state index < -0.39 is 0 Å². The smallest absolute Gasteiger partial charge is 0.122 e. The number of ether oxygens (including phenoxy) is 1. The Morgan fingerprint density at radius 1 is 1.35 bits per heavy atom. The van der Waals surface area contributed by atoms with E-state index in [1.165, 1.54) is 16.7 Å². The SMILES string of the molecule is CCc1cccnc1C(NC)c1ccc2c(c1)CCO2. The number of aromatic nitrogens is 1. The van der Waals surface area contributed by atoms with Crippen molar-refractivity contribution >= 4 is 0 Å². The van der Waals surface area contributed by atoms with Crippen molar-refractivity contribution in [2.75, 3.05) is 13.7 Å². The van der Waals surface area contributed by atoms with Crippen molar-refractivity contribution in [3.8, 4) is 5.75 Å². The van der Waals surface area contributed by atoms with Crippen molar-refractivity contribution in [3.63, 3.8) is 0 Å². The maximum Gasteiger partial charge on any atom is 0.122 e. The molecule has 0 aliphatic carbocycles. The first-order chi connectivity index (χ1) is 9.83. The first-order valence-corrected chi connectivity index (χ1v) is 7.20. The Kier molecular flexibility index (Phi) is 3.70. The molecule has 0 bridgehead atoms. The van der Waals surface area contributed by atoms with E-state index in [1.54, 1.807) is 0 Å². The second-order valence-electron chi connectivity index (χ2n) is 5.09. The molecule has 2 aromatic rings. The van der Waals surface area contributed by atoms with Crippen LogP contribution in [-0.4, -0.2) is 18.6 Å². The molecule has 3 rings (SSSR count). The zero-order chi connectivity index (χ0) is 13.9. The lowest BCUT2D eigenvalue weighted by molar-refractivity contribution is 0.357. The van der Waals surface area contributed by atoms with E-state index >= 15 is 0 Å². The third-order valence-electron chi connectivity index (χ3n) is 3.92. The lowest BCUT2D eigenvalue weighted by Gasteiger charge is -2.19. The molecule has 0 amide bonds. The Bertz CT molecular complexity index is 610. The summed E-state index contributed by atoms with van der Waals surface area (Å²) in [5.41, 5.74) is 4.97. The summed E-state index contributed by atoms with van der Waals surface area (Å²) in [7, 11) is 1.99. The van der Waals surface area contributed by atoms with Crippen LogP contribution in [0.4, 0.5) is 0 Å². The van der Waals surface area contributed by atoms with Gasteiger partial charge in [0.05, 0.1) is 18.3 Å². The molecule has 2 heterocycles. The van der Waals surface area contributed by atoms with Gasteiger partial charge in [-0.2, -0.15) is 0 Å². The van der Waals surface area contributed by atoms with Crippen LogP contribution in [0.1, 0.15) is 35.3 Å². The van der Waals surface area contributed by atoms with Crippen LogP contribution in [0.25, 0.3) is 0 Å². The van der Waals surface area contributed by atoms with Crippen molar-refractivity contribution in [1.29, 1.82) is 0 Å². The second kappa shape index (κ2) is 5.63. The minimum Gasteiger partial charge on any atom is -0.493 e. The molecule has 0 spiro atoms. The summed E-state index contributed by atoms with van der Waals surface area (Å²) in [5.74, 6) is 1.03. The van der Waals surface area contributed by atoms with Gasteiger partial charge in [-0.25, -0.2) is 0 Å². The van der Waals surface area contributed by atoms with Crippen LogP contribution in [-0.2, 0) is 12.8 Å². The fourth-order valence-electron chi connectivity index (χ4n) is 2.86. The summed E-state index contributed by atoms with van der Waals surface area (Å²) in [4.78, 5) is 4.60. The van der Waals surface area contributed by atoms with E-state index in [-0.39, 0.29) is 6.04 Å². The highest BCUT2D eigenvalue weighted by Gasteiger charge is 2.19. The van der Waals surface area contributed by atoms with Gasteiger partial charge in [-0.05, 0) is 42.3 Å². The highest BCUT2D eigenvalue weighted by Crippen LogP contribution is 2.30. The molecule has 0 saturated heterocycles. The van der Waals surface area contributed by atoms with Crippen LogP contribution in [0.15, 0.2) is 36.5 Å². The van der Waals surface area contributed by atoms with Crippen LogP contribution in [0, 0.1) is 0 Å². The van der Waals surface area contributed by atoms with Gasteiger partial charge in [-0.15, -0.1) is 0 Å². The lowest BCUT2D eigenvalue weighted by atomic mass is 9.96. The summed E-state index contributed by atoms with van der Waals surface area (Å²) in [6, 6.07) is 10.8. The molecule has 1 aromatic carbocycles. The van der Waals surface area contributed by atoms with Gasteiger partial charge < -0.3 is 10.1 Å². The molecule has 0 saturated carbocycles. The van der Waals surface area contributed by atoms with Crippen molar-refractivity contribution in [3.05, 3.63) is 58.9 Å². The van der Waals surface area contributed by atoms with E-state index in [1.807, 2.05) is 19.3 Å². The summed E-state index contributed by atoms with van der Waals surface area (Å²) >= 11 is 0. The number of fused-ring (bicyclic) bond motifs is 1. The van der Waals surface area contributed by atoms with Crippen LogP contribution in [0.5, 0.6) is 5.75 Å². The van der Waals surface area contributed by atoms with E-state index in [4.69, 9.17) is 4.74 Å². The molecule has 0 fully saturated rings. The van der Waals surface area contributed by atoms with E-state index in [0.717, 1.165) is 30.9 Å². The third kappa shape index (κ3) is 2.29. The molecule has 1 aliphatic rings. The normalized spacial score (nSPS) is 14.7. The van der Waals surface area contributed by atoms with Gasteiger partial charge in [0.2, 0.25) is 0 Å². The Hall–Kier alpha value is -1.87. The molecule has 1 N–H and O–H groups in total. The number of hydrogen-bond donors (Lipinski definition) is 1. The maximum absolute atomic E-state index is 5.58. The average Bonchev–Trinajstić information content (AvgIpc) is 2.96. The first-order valence-electron chi connectivity index (χ1n) is 7.20. The van der Waals surface area contributed by atoms with Crippen LogP contribution in [0.2, 0.25) is 0 Å². The van der Waals surface area contributed by atoms with E-state index in [2.05, 4.69) is 41.5 Å². The molecule has 3 nitrogen and oxygen atoms in total. The molecule has 1 unspecified atom stereocenters. The van der Waals surface area contributed by atoms with Crippen molar-refractivity contribution in [2.24, 2.45) is 0 Å². The van der Waals surface area contributed by atoms with Gasteiger partial charge in [-0.3, -0.25) is 4.98 Å². The van der Waals surface area contributed by atoms with Gasteiger partial charge in [0.25, 0.3) is 0 Å². The topological polar surface area (TPSA) is 34.2 Å². The Labute approximate surface area is 120 Å². The molecular formula is C17H20N2O. The summed E-state index contributed by atoms with van der Waals surface area (Å²) in [6.45, 7) is 2.97. The standard InChI is InChI=1S/C17H20N2O/c1-3-12-5-4-9-19-17(12)16(18-2)14-6-7-15-13(11-14)8-10-20-15/h4-7,9,11,16,18H,3,8,10H2,1-2H3. The average molecular weight is 268 g/mol. The largest absolute Gasteiger partial charge is 0.493 e. The number of rotatable bonds is 4. The van der Waals surface area contributed by atoms with Gasteiger partial charge in [0.1, 0.15) is 5.75 Å². The molecule has 1 aromatic heterocycles. The molecular weight excluding hydrogens is 248 g/mol. The quantitative estimate of drug-likeness (QED) is 0.926. The first kappa shape index (κ1) is 13.1. The number of pyridine rings is 1. The highest BCUT2D eigenvalue weighted by atomic mass is 16.5. The molecule has 0 radical (unpaired) electrons. The zero-order valence-corrected chi connectivity index (χ0v) is 12.0. The number of nitrogens with one attached hydrogen (secondary N) is 1. The Balaban J connectivity index is 2.01. The third-order valence-corrected chi connectivity index (χ3v) is 3.92. The number of hydrogen-bond acceptors (Lipinski definition) is 3. The van der Waals surface area contributed by atoms with Crippen LogP contribution < -0.4 is 10.1 Å². The van der Waals surface area contributed by atoms with Crippen molar-refractivity contribution < 1.29 is 4.74 Å². The van der Waals surface area contributed by atoms with Gasteiger partial charge in [0.15, 0.2) is 0 Å². The van der Waals surface area contributed by atoms with E-state index in [0.29, 0.717) is 0 Å². The number of aryl methyl sites for hydroxylation is 1. The Morgan fingerprint density at radius 2 is 2.25 bits per heavy atom. The van der Waals surface area contributed by atoms with Gasteiger partial charge >= 0.3 is 0 Å². The fraction of sp³-hybridized carbons (Fsp3) is 0.353. The monoisotopic (exact) mass is 268 g/mol. The minimum atomic E-state index is 0.136. The van der Waals surface area contributed by atoms with Gasteiger partial charge in [0, 0.05) is 12.6 Å². The molecule has 104 valence electrons. The minimum absolute atomic E-state index is 0.136. The van der Waals surface area contributed by atoms with Crippen molar-refractivity contribution in [2.45, 2.75) is 25.8 Å². The predicted octanol–water partition coefficient (Wildman–Crippen LogP) is 2.89. The summed E-state index contributed by atoms with van der Waals surface area (Å²) < 4.78 is 5.58. The predicted molar refractivity (Wildman–Crippen MR) is 80.2 cm³/mol. The number of benzene rings is 1. The molecule has 1 atom stereocenters. The summed E-state index contributed by atoms with van der Waals surface area (Å²) in [6.07, 6.45) is 3.87. The zero-order valence-electron chi connectivity index (χ0n) is 12.0. The molecule has 1 aliphatic heterocycles. The van der Waals surface area contributed by atoms with Gasteiger partial charge in [-0.1, -0.05) is 25.1 Å². The van der Waals surface area contributed by atoms with E-state index in [9.17, 15) is 0 Å². The number of nitrogens with zero attached hydrogens (tertiary/aromatic N) is 1.